The van der Waals surface area contributed by atoms with Gasteiger partial charge in [0.15, 0.2) is 0 Å². The summed E-state index contributed by atoms with van der Waals surface area (Å²) in [4.78, 5) is 13.1. The zero-order valence-electron chi connectivity index (χ0n) is 27.4. The molecule has 1 aliphatic carbocycles. The van der Waals surface area contributed by atoms with Crippen molar-refractivity contribution in [2.75, 3.05) is 4.90 Å². The molecule has 1 aliphatic heterocycles. The number of benzene rings is 6. The van der Waals surface area contributed by atoms with Crippen LogP contribution in [0.1, 0.15) is 39.9 Å². The second-order valence-electron chi connectivity index (χ2n) is 13.0. The molecular formula is C46H32N4. The lowest BCUT2D eigenvalue weighted by Gasteiger charge is -2.35. The highest BCUT2D eigenvalue weighted by Gasteiger charge is 2.49. The summed E-state index contributed by atoms with van der Waals surface area (Å²) in [5, 5.41) is 3.63. The van der Waals surface area contributed by atoms with E-state index in [0.29, 0.717) is 5.95 Å². The fourth-order valence-corrected chi connectivity index (χ4v) is 8.52. The molecule has 4 heteroatoms. The van der Waals surface area contributed by atoms with Crippen molar-refractivity contribution in [1.82, 2.24) is 14.5 Å². The van der Waals surface area contributed by atoms with Crippen molar-refractivity contribution in [2.24, 2.45) is 0 Å². The van der Waals surface area contributed by atoms with Crippen molar-refractivity contribution in [3.05, 3.63) is 187 Å². The van der Waals surface area contributed by atoms with Gasteiger partial charge in [0.1, 0.15) is 0 Å². The molecule has 10 rings (SSSR count). The number of nitrogens with zero attached hydrogens (tertiary/aromatic N) is 4. The van der Waals surface area contributed by atoms with Crippen LogP contribution in [0.5, 0.6) is 0 Å². The standard InChI is InChI=1S/C46H32N4/c1-3-32-38(4-2)47-46(48-42(32)30-18-7-5-8-19-30)50-43-33-22-12-11-17-29(33)27-28-37(43)41-40-36-25-15-16-26-39(36)49(31-20-9-6-10-21-31)44(40)34-23-13-14-24-35(34)45(41)50/h3-28,41,45H,1-2H2. The van der Waals surface area contributed by atoms with Gasteiger partial charge in [-0.15, -0.1) is 0 Å². The van der Waals surface area contributed by atoms with Gasteiger partial charge in [-0.1, -0.05) is 147 Å². The number of anilines is 2. The van der Waals surface area contributed by atoms with E-state index in [9.17, 15) is 0 Å². The van der Waals surface area contributed by atoms with Crippen molar-refractivity contribution >= 4 is 45.5 Å². The van der Waals surface area contributed by atoms with E-state index in [0.717, 1.165) is 33.9 Å². The highest BCUT2D eigenvalue weighted by atomic mass is 15.3. The highest BCUT2D eigenvalue weighted by Crippen LogP contribution is 2.63. The maximum absolute atomic E-state index is 5.44. The van der Waals surface area contributed by atoms with E-state index in [2.05, 4.69) is 150 Å². The van der Waals surface area contributed by atoms with E-state index < -0.39 is 0 Å². The topological polar surface area (TPSA) is 34.0 Å². The molecule has 50 heavy (non-hydrogen) atoms. The van der Waals surface area contributed by atoms with Crippen molar-refractivity contribution in [2.45, 2.75) is 12.0 Å². The normalized spacial score (nSPS) is 15.7. The molecule has 8 aromatic rings. The molecule has 4 nitrogen and oxygen atoms in total. The number of hydrogen-bond acceptors (Lipinski definition) is 3. The SMILES string of the molecule is C=Cc1nc(N2c3c(ccc4ccccc34)C3c4c(n(-c5ccccc5)c5ccccc45)-c4ccccc4C32)nc(-c2ccccc2)c1C=C. The Hall–Kier alpha value is -6.52. The molecule has 0 saturated heterocycles. The Labute approximate surface area is 290 Å². The molecule has 6 aromatic carbocycles. The monoisotopic (exact) mass is 640 g/mol. The summed E-state index contributed by atoms with van der Waals surface area (Å²) in [5.74, 6) is 0.670. The zero-order valence-corrected chi connectivity index (χ0v) is 27.4. The van der Waals surface area contributed by atoms with Crippen LogP contribution >= 0.6 is 0 Å². The molecule has 2 aromatic heterocycles. The Bertz CT molecular complexity index is 2650. The summed E-state index contributed by atoms with van der Waals surface area (Å²) in [6.07, 6.45) is 3.67. The lowest BCUT2D eigenvalue weighted by Crippen LogP contribution is -2.28. The summed E-state index contributed by atoms with van der Waals surface area (Å²) >= 11 is 0. The van der Waals surface area contributed by atoms with Gasteiger partial charge in [-0.2, -0.15) is 0 Å². The van der Waals surface area contributed by atoms with Crippen LogP contribution in [0, 0.1) is 0 Å². The first kappa shape index (κ1) is 28.5. The molecule has 0 fully saturated rings. The van der Waals surface area contributed by atoms with Crippen molar-refractivity contribution in [3.63, 3.8) is 0 Å². The predicted octanol–water partition coefficient (Wildman–Crippen LogP) is 11.5. The fourth-order valence-electron chi connectivity index (χ4n) is 8.52. The Morgan fingerprint density at radius 1 is 0.600 bits per heavy atom. The van der Waals surface area contributed by atoms with E-state index >= 15 is 0 Å². The lowest BCUT2D eigenvalue weighted by molar-refractivity contribution is 0.641. The molecule has 2 atom stereocenters. The van der Waals surface area contributed by atoms with Gasteiger partial charge in [0.25, 0.3) is 0 Å². The first-order valence-corrected chi connectivity index (χ1v) is 17.1. The average molecular weight is 641 g/mol. The van der Waals surface area contributed by atoms with Crippen LogP contribution in [0.4, 0.5) is 11.6 Å². The Balaban J connectivity index is 1.34. The quantitative estimate of drug-likeness (QED) is 0.188. The van der Waals surface area contributed by atoms with Gasteiger partial charge in [0.2, 0.25) is 5.95 Å². The van der Waals surface area contributed by atoms with Crippen LogP contribution in [0.2, 0.25) is 0 Å². The number of aromatic nitrogens is 3. The smallest absolute Gasteiger partial charge is 0.231 e. The van der Waals surface area contributed by atoms with Gasteiger partial charge >= 0.3 is 0 Å². The maximum atomic E-state index is 5.44. The maximum Gasteiger partial charge on any atom is 0.231 e. The molecule has 2 aliphatic rings. The summed E-state index contributed by atoms with van der Waals surface area (Å²) in [6, 6.07) is 52.1. The molecule has 236 valence electrons. The van der Waals surface area contributed by atoms with Gasteiger partial charge in [0.05, 0.1) is 34.3 Å². The summed E-state index contributed by atoms with van der Waals surface area (Å²) < 4.78 is 2.46. The first-order valence-electron chi connectivity index (χ1n) is 17.1. The van der Waals surface area contributed by atoms with Crippen molar-refractivity contribution < 1.29 is 0 Å². The van der Waals surface area contributed by atoms with Gasteiger partial charge in [0, 0.05) is 39.1 Å². The van der Waals surface area contributed by atoms with Gasteiger partial charge in [-0.3, -0.25) is 0 Å². The molecule has 0 radical (unpaired) electrons. The van der Waals surface area contributed by atoms with Gasteiger partial charge in [-0.25, -0.2) is 9.97 Å². The number of para-hydroxylation sites is 2. The van der Waals surface area contributed by atoms with Crippen LogP contribution in [-0.2, 0) is 0 Å². The average Bonchev–Trinajstić information content (AvgIpc) is 3.72. The van der Waals surface area contributed by atoms with E-state index in [4.69, 9.17) is 9.97 Å². The second kappa shape index (κ2) is 11.0. The first-order chi connectivity index (χ1) is 24.8. The van der Waals surface area contributed by atoms with Crippen LogP contribution in [0.3, 0.4) is 0 Å². The summed E-state index contributed by atoms with van der Waals surface area (Å²) in [6.45, 7) is 8.35. The number of hydrogen-bond donors (Lipinski definition) is 0. The third-order valence-electron chi connectivity index (χ3n) is 10.5. The van der Waals surface area contributed by atoms with Crippen LogP contribution in [-0.4, -0.2) is 14.5 Å². The van der Waals surface area contributed by atoms with Gasteiger partial charge < -0.3 is 9.47 Å². The van der Waals surface area contributed by atoms with E-state index in [1.807, 2.05) is 30.4 Å². The summed E-state index contributed by atoms with van der Waals surface area (Å²) in [7, 11) is 0. The minimum atomic E-state index is -0.0922. The predicted molar refractivity (Wildman–Crippen MR) is 207 cm³/mol. The van der Waals surface area contributed by atoms with Crippen LogP contribution < -0.4 is 4.90 Å². The van der Waals surface area contributed by atoms with E-state index in [1.54, 1.807) is 0 Å². The number of fused-ring (bicyclic) bond motifs is 12. The van der Waals surface area contributed by atoms with Gasteiger partial charge in [-0.05, 0) is 46.4 Å². The Kier molecular flexibility index (Phi) is 6.27. The zero-order chi connectivity index (χ0) is 33.3. The molecule has 0 spiro atoms. The second-order valence-corrected chi connectivity index (χ2v) is 13.0. The molecule has 0 amide bonds. The molecule has 3 heterocycles. The minimum Gasteiger partial charge on any atom is -0.309 e. The Morgan fingerprint density at radius 3 is 2.10 bits per heavy atom. The fraction of sp³-hybridized carbons (Fsp3) is 0.0435. The lowest BCUT2D eigenvalue weighted by atomic mass is 9.75. The minimum absolute atomic E-state index is 0.0180. The number of rotatable bonds is 5. The van der Waals surface area contributed by atoms with E-state index in [1.165, 1.54) is 49.6 Å². The van der Waals surface area contributed by atoms with Crippen LogP contribution in [0.15, 0.2) is 159 Å². The van der Waals surface area contributed by atoms with E-state index in [-0.39, 0.29) is 12.0 Å². The van der Waals surface area contributed by atoms with Crippen molar-refractivity contribution in [3.8, 4) is 28.2 Å². The molecule has 0 N–H and O–H groups in total. The third-order valence-corrected chi connectivity index (χ3v) is 10.5. The largest absolute Gasteiger partial charge is 0.309 e. The Morgan fingerprint density at radius 2 is 1.30 bits per heavy atom. The highest BCUT2D eigenvalue weighted by molar-refractivity contribution is 6.04. The molecule has 0 bridgehead atoms. The van der Waals surface area contributed by atoms with Crippen molar-refractivity contribution in [1.29, 1.82) is 0 Å². The molecular weight excluding hydrogens is 609 g/mol. The third kappa shape index (κ3) is 3.93. The summed E-state index contributed by atoms with van der Waals surface area (Å²) in [5.41, 5.74) is 13.3. The molecule has 0 saturated carbocycles. The molecule has 2 unspecified atom stereocenters. The van der Waals surface area contributed by atoms with Crippen LogP contribution in [0.25, 0.3) is 62.0 Å².